The molecule has 1 aromatic heterocycles. The number of hydrogen-bond donors (Lipinski definition) is 0. The number of ether oxygens (including phenoxy) is 1. The zero-order valence-corrected chi connectivity index (χ0v) is 15.2. The molecule has 4 rings (SSSR count). The highest BCUT2D eigenvalue weighted by Crippen LogP contribution is 2.34. The van der Waals surface area contributed by atoms with Crippen molar-refractivity contribution >= 4 is 27.0 Å². The van der Waals surface area contributed by atoms with Crippen LogP contribution in [0.15, 0.2) is 16.6 Å². The van der Waals surface area contributed by atoms with E-state index in [1.54, 1.807) is 0 Å². The van der Waals surface area contributed by atoms with E-state index in [2.05, 4.69) is 31.1 Å². The minimum absolute atomic E-state index is 0.595. The largest absolute Gasteiger partial charge is 0.491 e. The topological polar surface area (TPSA) is 43.2 Å². The van der Waals surface area contributed by atoms with Crippen LogP contribution in [0, 0.1) is 5.92 Å². The maximum Gasteiger partial charge on any atom is 0.135 e. The lowest BCUT2D eigenvalue weighted by Gasteiger charge is -2.28. The zero-order valence-electron chi connectivity index (χ0n) is 13.6. The quantitative estimate of drug-likeness (QED) is 0.750. The van der Waals surface area contributed by atoms with Gasteiger partial charge in [-0.15, -0.1) is 5.10 Å². The third-order valence-electron chi connectivity index (χ3n) is 4.90. The lowest BCUT2D eigenvalue weighted by Crippen LogP contribution is -2.37. The van der Waals surface area contributed by atoms with E-state index >= 15 is 0 Å². The monoisotopic (exact) mass is 396 g/mol. The van der Waals surface area contributed by atoms with Gasteiger partial charge in [-0.2, -0.15) is 0 Å². The maximum atomic E-state index is 13.2. The van der Waals surface area contributed by atoms with Crippen LogP contribution in [0.1, 0.15) is 25.7 Å². The molecule has 0 N–H and O–H groups in total. The number of fused-ring (bicyclic) bond motifs is 1. The number of aromatic nitrogens is 3. The van der Waals surface area contributed by atoms with Crippen molar-refractivity contribution in [2.75, 3.05) is 26.2 Å². The van der Waals surface area contributed by atoms with Gasteiger partial charge in [0.15, 0.2) is 0 Å². The van der Waals surface area contributed by atoms with E-state index in [0.29, 0.717) is 19.4 Å². The van der Waals surface area contributed by atoms with Gasteiger partial charge >= 0.3 is 0 Å². The fourth-order valence-electron chi connectivity index (χ4n) is 3.19. The van der Waals surface area contributed by atoms with Crippen molar-refractivity contribution in [2.45, 2.75) is 38.4 Å². The highest BCUT2D eigenvalue weighted by Gasteiger charge is 2.24. The summed E-state index contributed by atoms with van der Waals surface area (Å²) in [6.07, 6.45) is 3.24. The molecule has 0 bridgehead atoms. The Morgan fingerprint density at radius 2 is 2.00 bits per heavy atom. The van der Waals surface area contributed by atoms with Crippen molar-refractivity contribution in [3.63, 3.8) is 0 Å². The van der Waals surface area contributed by atoms with Gasteiger partial charge in [0.1, 0.15) is 24.0 Å². The van der Waals surface area contributed by atoms with Crippen LogP contribution in [-0.2, 0) is 6.54 Å². The summed E-state index contributed by atoms with van der Waals surface area (Å²) in [4.78, 5) is 2.26. The fourth-order valence-corrected chi connectivity index (χ4v) is 3.72. The molecule has 0 amide bonds. The van der Waals surface area contributed by atoms with E-state index in [0.717, 1.165) is 53.4 Å². The SMILES string of the molecule is FC1CCN(CCOc2ccc3c(nnn3CC3CC3)c2Br)CC1. The number of piperidine rings is 1. The number of likely N-dealkylation sites (tertiary alicyclic amines) is 1. The molecule has 0 unspecified atom stereocenters. The van der Waals surface area contributed by atoms with E-state index in [1.165, 1.54) is 12.8 Å². The molecule has 1 aliphatic carbocycles. The van der Waals surface area contributed by atoms with Gasteiger partial charge in [-0.3, -0.25) is 4.90 Å². The molecule has 1 aliphatic heterocycles. The molecule has 1 saturated carbocycles. The van der Waals surface area contributed by atoms with Crippen molar-refractivity contribution in [2.24, 2.45) is 5.92 Å². The van der Waals surface area contributed by atoms with Gasteiger partial charge in [-0.05, 0) is 59.7 Å². The summed E-state index contributed by atoms with van der Waals surface area (Å²) in [7, 11) is 0. The molecule has 2 aromatic rings. The van der Waals surface area contributed by atoms with E-state index in [4.69, 9.17) is 4.74 Å². The highest BCUT2D eigenvalue weighted by atomic mass is 79.9. The Balaban J connectivity index is 1.38. The average Bonchev–Trinajstić information content (AvgIpc) is 3.30. The number of nitrogens with zero attached hydrogens (tertiary/aromatic N) is 4. The third-order valence-corrected chi connectivity index (χ3v) is 5.67. The summed E-state index contributed by atoms with van der Waals surface area (Å²) in [6, 6.07) is 4.01. The Morgan fingerprint density at radius 1 is 1.21 bits per heavy atom. The second-order valence-electron chi connectivity index (χ2n) is 6.83. The predicted octanol–water partition coefficient (Wildman–Crippen LogP) is 3.42. The molecule has 0 radical (unpaired) electrons. The first-order chi connectivity index (χ1) is 11.7. The molecule has 2 fully saturated rings. The summed E-state index contributed by atoms with van der Waals surface area (Å²) in [5, 5.41) is 8.58. The molecule has 2 aliphatic rings. The molecule has 0 atom stereocenters. The molecule has 5 nitrogen and oxygen atoms in total. The zero-order chi connectivity index (χ0) is 16.5. The van der Waals surface area contributed by atoms with Gasteiger partial charge in [0.05, 0.1) is 9.99 Å². The number of benzene rings is 1. The molecule has 130 valence electrons. The Labute approximate surface area is 149 Å². The Hall–Kier alpha value is -1.21. The minimum atomic E-state index is -0.628. The van der Waals surface area contributed by atoms with E-state index < -0.39 is 6.17 Å². The van der Waals surface area contributed by atoms with Crippen molar-refractivity contribution in [3.05, 3.63) is 16.6 Å². The van der Waals surface area contributed by atoms with Gasteiger partial charge in [-0.25, -0.2) is 9.07 Å². The first-order valence-electron chi connectivity index (χ1n) is 8.71. The van der Waals surface area contributed by atoms with Crippen molar-refractivity contribution in [1.82, 2.24) is 19.9 Å². The standard InChI is InChI=1S/C17H22BrFN4O/c18-16-15(24-10-9-22-7-5-13(19)6-8-22)4-3-14-17(16)20-21-23(14)11-12-1-2-12/h3-4,12-13H,1-2,5-11H2. The minimum Gasteiger partial charge on any atom is -0.491 e. The summed E-state index contributed by atoms with van der Waals surface area (Å²) >= 11 is 3.61. The predicted molar refractivity (Wildman–Crippen MR) is 94.0 cm³/mol. The molecule has 1 aromatic carbocycles. The Kier molecular flexibility index (Phi) is 4.72. The van der Waals surface area contributed by atoms with Crippen LogP contribution in [0.2, 0.25) is 0 Å². The van der Waals surface area contributed by atoms with Gasteiger partial charge in [-0.1, -0.05) is 5.21 Å². The molecule has 1 saturated heterocycles. The molecular formula is C17H22BrFN4O. The van der Waals surface area contributed by atoms with Gasteiger partial charge in [0.25, 0.3) is 0 Å². The Morgan fingerprint density at radius 3 is 2.75 bits per heavy atom. The number of alkyl halides is 1. The van der Waals surface area contributed by atoms with E-state index in [1.807, 2.05) is 16.8 Å². The molecule has 24 heavy (non-hydrogen) atoms. The van der Waals surface area contributed by atoms with Gasteiger partial charge in [0, 0.05) is 26.2 Å². The summed E-state index contributed by atoms with van der Waals surface area (Å²) < 4.78 is 21.9. The van der Waals surface area contributed by atoms with Crippen LogP contribution in [0.5, 0.6) is 5.75 Å². The third kappa shape index (κ3) is 3.57. The molecular weight excluding hydrogens is 375 g/mol. The van der Waals surface area contributed by atoms with Crippen molar-refractivity contribution in [3.8, 4) is 5.75 Å². The van der Waals surface area contributed by atoms with Crippen LogP contribution in [0.25, 0.3) is 11.0 Å². The maximum absolute atomic E-state index is 13.2. The number of rotatable bonds is 6. The lowest BCUT2D eigenvalue weighted by atomic mass is 10.1. The van der Waals surface area contributed by atoms with Crippen LogP contribution in [-0.4, -0.2) is 52.3 Å². The van der Waals surface area contributed by atoms with Gasteiger partial charge in [0.2, 0.25) is 0 Å². The van der Waals surface area contributed by atoms with Crippen LogP contribution in [0.4, 0.5) is 4.39 Å². The van der Waals surface area contributed by atoms with E-state index in [-0.39, 0.29) is 0 Å². The summed E-state index contributed by atoms with van der Waals surface area (Å²) in [5.74, 6) is 1.56. The second kappa shape index (κ2) is 6.96. The average molecular weight is 397 g/mol. The molecule has 0 spiro atoms. The van der Waals surface area contributed by atoms with Crippen LogP contribution in [0.3, 0.4) is 0 Å². The van der Waals surface area contributed by atoms with Crippen LogP contribution >= 0.6 is 15.9 Å². The van der Waals surface area contributed by atoms with E-state index in [9.17, 15) is 4.39 Å². The lowest BCUT2D eigenvalue weighted by molar-refractivity contribution is 0.132. The van der Waals surface area contributed by atoms with Crippen molar-refractivity contribution < 1.29 is 9.13 Å². The summed E-state index contributed by atoms with van der Waals surface area (Å²) in [5.41, 5.74) is 1.90. The highest BCUT2D eigenvalue weighted by molar-refractivity contribution is 9.10. The smallest absolute Gasteiger partial charge is 0.135 e. The second-order valence-corrected chi connectivity index (χ2v) is 7.62. The van der Waals surface area contributed by atoms with Crippen molar-refractivity contribution in [1.29, 1.82) is 0 Å². The first-order valence-corrected chi connectivity index (χ1v) is 9.51. The molecule has 7 heteroatoms. The summed E-state index contributed by atoms with van der Waals surface area (Å²) in [6.45, 7) is 4.01. The number of halogens is 2. The number of hydrogen-bond acceptors (Lipinski definition) is 4. The Bertz CT molecular complexity index is 710. The van der Waals surface area contributed by atoms with Gasteiger partial charge < -0.3 is 4.74 Å². The normalized spacial score (nSPS) is 19.9. The first kappa shape index (κ1) is 16.3. The van der Waals surface area contributed by atoms with Crippen LogP contribution < -0.4 is 4.74 Å². The fraction of sp³-hybridized carbons (Fsp3) is 0.647. The molecule has 2 heterocycles.